The summed E-state index contributed by atoms with van der Waals surface area (Å²) in [7, 11) is 0. The second-order valence-corrected chi connectivity index (χ2v) is 4.32. The van der Waals surface area contributed by atoms with Gasteiger partial charge in [-0.15, -0.1) is 0 Å². The monoisotopic (exact) mass is 248 g/mol. The first-order valence-electron chi connectivity index (χ1n) is 4.93. The maximum atomic E-state index is 5.90. The fourth-order valence-electron chi connectivity index (χ4n) is 1.41. The second kappa shape index (κ2) is 5.20. The highest BCUT2D eigenvalue weighted by molar-refractivity contribution is 6.31. The molecule has 0 heterocycles. The summed E-state index contributed by atoms with van der Waals surface area (Å²) < 4.78 is 0. The molecule has 0 amide bonds. The van der Waals surface area contributed by atoms with E-state index in [0.717, 1.165) is 21.2 Å². The fourth-order valence-corrected chi connectivity index (χ4v) is 1.81. The molecular weight excluding hydrogens is 239 g/mol. The minimum absolute atomic E-state index is 0.744. The summed E-state index contributed by atoms with van der Waals surface area (Å²) in [5.41, 5.74) is 2.15. The van der Waals surface area contributed by atoms with Gasteiger partial charge in [0.1, 0.15) is 0 Å². The molecule has 0 N–H and O–H groups in total. The highest BCUT2D eigenvalue weighted by Gasteiger charge is 1.91. The maximum absolute atomic E-state index is 5.90. The van der Waals surface area contributed by atoms with Crippen molar-refractivity contribution in [2.75, 3.05) is 0 Å². The Labute approximate surface area is 105 Å². The van der Waals surface area contributed by atoms with Gasteiger partial charge in [0.25, 0.3) is 0 Å². The van der Waals surface area contributed by atoms with Crippen LogP contribution in [0.4, 0.5) is 0 Å². The Hall–Kier alpha value is -1.24. The van der Waals surface area contributed by atoms with E-state index in [9.17, 15) is 0 Å². The third-order valence-electron chi connectivity index (χ3n) is 2.17. The Morgan fingerprint density at radius 1 is 0.688 bits per heavy atom. The van der Waals surface area contributed by atoms with E-state index < -0.39 is 0 Å². The first-order valence-corrected chi connectivity index (χ1v) is 5.69. The van der Waals surface area contributed by atoms with E-state index in [4.69, 9.17) is 23.2 Å². The van der Waals surface area contributed by atoms with Gasteiger partial charge in [0.2, 0.25) is 0 Å². The Bertz CT molecular complexity index is 468. The van der Waals surface area contributed by atoms with E-state index in [1.54, 1.807) is 0 Å². The number of halogens is 2. The summed E-state index contributed by atoms with van der Waals surface area (Å²) in [4.78, 5) is 0. The molecule has 2 aromatic rings. The molecular formula is C14H10Cl2. The molecule has 0 saturated carbocycles. The topological polar surface area (TPSA) is 0 Å². The van der Waals surface area contributed by atoms with Crippen LogP contribution in [0.1, 0.15) is 11.1 Å². The normalized spacial score (nSPS) is 10.9. The lowest BCUT2D eigenvalue weighted by atomic mass is 10.1. The molecule has 0 aliphatic carbocycles. The number of hydrogen-bond donors (Lipinski definition) is 0. The lowest BCUT2D eigenvalue weighted by Gasteiger charge is -1.96. The first kappa shape index (κ1) is 11.3. The second-order valence-electron chi connectivity index (χ2n) is 3.44. The van der Waals surface area contributed by atoms with Crippen molar-refractivity contribution in [1.29, 1.82) is 0 Å². The molecule has 0 aliphatic rings. The van der Waals surface area contributed by atoms with Crippen molar-refractivity contribution in [2.24, 2.45) is 0 Å². The summed E-state index contributed by atoms with van der Waals surface area (Å²) in [6.07, 6.45) is 4.02. The average molecular weight is 249 g/mol. The first-order chi connectivity index (χ1) is 7.74. The number of benzene rings is 2. The van der Waals surface area contributed by atoms with Crippen molar-refractivity contribution >= 4 is 35.4 Å². The largest absolute Gasteiger partial charge is 0.0843 e. The highest BCUT2D eigenvalue weighted by Crippen LogP contribution is 2.15. The van der Waals surface area contributed by atoms with Gasteiger partial charge >= 0.3 is 0 Å². The van der Waals surface area contributed by atoms with Crippen LogP contribution in [0.2, 0.25) is 10.0 Å². The molecule has 16 heavy (non-hydrogen) atoms. The van der Waals surface area contributed by atoms with Crippen LogP contribution in [0.15, 0.2) is 48.5 Å². The molecule has 0 saturated heterocycles. The van der Waals surface area contributed by atoms with E-state index in [2.05, 4.69) is 0 Å². The van der Waals surface area contributed by atoms with Gasteiger partial charge in [-0.3, -0.25) is 0 Å². The van der Waals surface area contributed by atoms with E-state index >= 15 is 0 Å². The average Bonchev–Trinajstić information content (AvgIpc) is 2.27. The fraction of sp³-hybridized carbons (Fsp3) is 0. The van der Waals surface area contributed by atoms with Crippen LogP contribution < -0.4 is 0 Å². The Balaban J connectivity index is 2.21. The van der Waals surface area contributed by atoms with Crippen molar-refractivity contribution in [2.45, 2.75) is 0 Å². The summed E-state index contributed by atoms with van der Waals surface area (Å²) in [6, 6.07) is 15.4. The van der Waals surface area contributed by atoms with Gasteiger partial charge < -0.3 is 0 Å². The van der Waals surface area contributed by atoms with Crippen LogP contribution in [0, 0.1) is 0 Å². The van der Waals surface area contributed by atoms with Crippen molar-refractivity contribution in [3.63, 3.8) is 0 Å². The van der Waals surface area contributed by atoms with Crippen molar-refractivity contribution in [3.8, 4) is 0 Å². The zero-order valence-electron chi connectivity index (χ0n) is 8.53. The van der Waals surface area contributed by atoms with Crippen LogP contribution in [0.3, 0.4) is 0 Å². The third-order valence-corrected chi connectivity index (χ3v) is 2.64. The minimum atomic E-state index is 0.744. The molecule has 0 atom stereocenters. The van der Waals surface area contributed by atoms with E-state index in [0.29, 0.717) is 0 Å². The predicted molar refractivity (Wildman–Crippen MR) is 71.8 cm³/mol. The number of rotatable bonds is 2. The van der Waals surface area contributed by atoms with Crippen molar-refractivity contribution in [3.05, 3.63) is 69.7 Å². The molecule has 0 unspecified atom stereocenters. The zero-order chi connectivity index (χ0) is 11.4. The van der Waals surface area contributed by atoms with Crippen LogP contribution in [-0.4, -0.2) is 0 Å². The molecule has 0 aromatic heterocycles. The van der Waals surface area contributed by atoms with Crippen LogP contribution in [0.25, 0.3) is 12.2 Å². The molecule has 0 spiro atoms. The van der Waals surface area contributed by atoms with Gasteiger partial charge in [0.15, 0.2) is 0 Å². The van der Waals surface area contributed by atoms with Gasteiger partial charge in [-0.05, 0) is 35.4 Å². The Kier molecular flexibility index (Phi) is 3.66. The Morgan fingerprint density at radius 3 is 1.50 bits per heavy atom. The zero-order valence-corrected chi connectivity index (χ0v) is 10.0. The van der Waals surface area contributed by atoms with Crippen molar-refractivity contribution in [1.82, 2.24) is 0 Å². The SMILES string of the molecule is Clc1cccc(/C=C\c2cccc(Cl)c2)c1. The molecule has 2 rings (SSSR count). The summed E-state index contributed by atoms with van der Waals surface area (Å²) in [5.74, 6) is 0. The molecule has 2 aromatic carbocycles. The maximum Gasteiger partial charge on any atom is 0.0411 e. The lowest BCUT2D eigenvalue weighted by Crippen LogP contribution is -1.73. The van der Waals surface area contributed by atoms with Crippen LogP contribution in [0.5, 0.6) is 0 Å². The van der Waals surface area contributed by atoms with Crippen LogP contribution >= 0.6 is 23.2 Å². The molecule has 0 aliphatic heterocycles. The van der Waals surface area contributed by atoms with E-state index in [-0.39, 0.29) is 0 Å². The van der Waals surface area contributed by atoms with Gasteiger partial charge in [0.05, 0.1) is 0 Å². The molecule has 2 heteroatoms. The quantitative estimate of drug-likeness (QED) is 0.644. The summed E-state index contributed by atoms with van der Waals surface area (Å²) in [6.45, 7) is 0. The van der Waals surface area contributed by atoms with Crippen molar-refractivity contribution < 1.29 is 0 Å². The standard InChI is InChI=1S/C14H10Cl2/c15-13-5-1-3-11(9-13)7-8-12-4-2-6-14(16)10-12/h1-10H/b8-7-. The number of hydrogen-bond acceptors (Lipinski definition) is 0. The highest BCUT2D eigenvalue weighted by atomic mass is 35.5. The molecule has 0 radical (unpaired) electrons. The molecule has 0 fully saturated rings. The minimum Gasteiger partial charge on any atom is -0.0843 e. The molecule has 80 valence electrons. The predicted octanol–water partition coefficient (Wildman–Crippen LogP) is 5.16. The third kappa shape index (κ3) is 3.13. The van der Waals surface area contributed by atoms with Gasteiger partial charge in [-0.1, -0.05) is 59.6 Å². The lowest BCUT2D eigenvalue weighted by molar-refractivity contribution is 1.64. The smallest absolute Gasteiger partial charge is 0.0411 e. The van der Waals surface area contributed by atoms with Gasteiger partial charge in [-0.25, -0.2) is 0 Å². The van der Waals surface area contributed by atoms with Gasteiger partial charge in [-0.2, -0.15) is 0 Å². The van der Waals surface area contributed by atoms with E-state index in [1.807, 2.05) is 60.7 Å². The Morgan fingerprint density at radius 2 is 1.12 bits per heavy atom. The molecule has 0 nitrogen and oxygen atoms in total. The van der Waals surface area contributed by atoms with Gasteiger partial charge in [0, 0.05) is 10.0 Å². The molecule has 0 bridgehead atoms. The van der Waals surface area contributed by atoms with E-state index in [1.165, 1.54) is 0 Å². The summed E-state index contributed by atoms with van der Waals surface area (Å²) >= 11 is 11.8. The summed E-state index contributed by atoms with van der Waals surface area (Å²) in [5, 5.41) is 1.49. The van der Waals surface area contributed by atoms with Crippen LogP contribution in [-0.2, 0) is 0 Å².